The van der Waals surface area contributed by atoms with Crippen molar-refractivity contribution < 1.29 is 4.79 Å². The van der Waals surface area contributed by atoms with Crippen LogP contribution in [0.2, 0.25) is 0 Å². The standard InChI is InChI=1S/C29H35N5O/c35-29-27-10-7-23(17-25(27)21-34(29)26-3-1-11-30-18-26)20-33-15-13-32(14-16-33)19-22-5-8-24(9-6-22)28-4-2-12-31-28/h2,4-10,12,17,26,30-31H,1,3,11,13-16,18-21H2. The van der Waals surface area contributed by atoms with Gasteiger partial charge in [0.15, 0.2) is 0 Å². The summed E-state index contributed by atoms with van der Waals surface area (Å²) in [5, 5.41) is 3.45. The van der Waals surface area contributed by atoms with Crippen molar-refractivity contribution in [3.63, 3.8) is 0 Å². The fourth-order valence-corrected chi connectivity index (χ4v) is 5.81. The number of amides is 1. The number of nitrogens with one attached hydrogen (secondary N) is 2. The number of aromatic amines is 1. The molecule has 4 heterocycles. The van der Waals surface area contributed by atoms with Crippen LogP contribution < -0.4 is 5.32 Å². The van der Waals surface area contributed by atoms with Crippen LogP contribution in [-0.2, 0) is 19.6 Å². The van der Waals surface area contributed by atoms with Gasteiger partial charge in [0.1, 0.15) is 0 Å². The molecule has 1 unspecified atom stereocenters. The van der Waals surface area contributed by atoms with Gasteiger partial charge < -0.3 is 15.2 Å². The first-order valence-electron chi connectivity index (χ1n) is 13.0. The van der Waals surface area contributed by atoms with Crippen molar-refractivity contribution in [2.75, 3.05) is 39.3 Å². The summed E-state index contributed by atoms with van der Waals surface area (Å²) in [5.41, 5.74) is 7.21. The molecule has 1 atom stereocenters. The van der Waals surface area contributed by atoms with E-state index in [0.717, 1.165) is 77.3 Å². The maximum atomic E-state index is 12.9. The summed E-state index contributed by atoms with van der Waals surface area (Å²) in [4.78, 5) is 23.4. The normalized spacial score (nSPS) is 21.4. The van der Waals surface area contributed by atoms with Gasteiger partial charge in [0, 0.05) is 75.9 Å². The third kappa shape index (κ3) is 4.92. The predicted octanol–water partition coefficient (Wildman–Crippen LogP) is 3.71. The molecule has 2 aromatic carbocycles. The monoisotopic (exact) mass is 469 g/mol. The average molecular weight is 470 g/mol. The number of hydrogen-bond acceptors (Lipinski definition) is 4. The smallest absolute Gasteiger partial charge is 0.254 e. The number of carbonyl (C=O) groups is 1. The second-order valence-corrected chi connectivity index (χ2v) is 10.3. The molecule has 35 heavy (non-hydrogen) atoms. The molecule has 3 aromatic rings. The van der Waals surface area contributed by atoms with Crippen LogP contribution in [0.3, 0.4) is 0 Å². The summed E-state index contributed by atoms with van der Waals surface area (Å²) in [6, 6.07) is 19.9. The fourth-order valence-electron chi connectivity index (χ4n) is 5.81. The summed E-state index contributed by atoms with van der Waals surface area (Å²) >= 11 is 0. The highest BCUT2D eigenvalue weighted by molar-refractivity contribution is 5.98. The zero-order chi connectivity index (χ0) is 23.6. The van der Waals surface area contributed by atoms with E-state index < -0.39 is 0 Å². The number of rotatable bonds is 6. The van der Waals surface area contributed by atoms with E-state index in [1.807, 2.05) is 12.3 Å². The van der Waals surface area contributed by atoms with Crippen LogP contribution in [0.5, 0.6) is 0 Å². The molecule has 6 nitrogen and oxygen atoms in total. The van der Waals surface area contributed by atoms with Gasteiger partial charge in [-0.05, 0) is 59.8 Å². The van der Waals surface area contributed by atoms with Gasteiger partial charge in [0.25, 0.3) is 5.91 Å². The highest BCUT2D eigenvalue weighted by atomic mass is 16.2. The number of nitrogens with zero attached hydrogens (tertiary/aromatic N) is 3. The first kappa shape index (κ1) is 22.5. The number of piperidine rings is 1. The molecule has 3 aliphatic heterocycles. The Morgan fingerprint density at radius 3 is 2.31 bits per heavy atom. The molecule has 2 fully saturated rings. The maximum Gasteiger partial charge on any atom is 0.254 e. The number of carbonyl (C=O) groups excluding carboxylic acids is 1. The zero-order valence-electron chi connectivity index (χ0n) is 20.4. The van der Waals surface area contributed by atoms with Crippen LogP contribution in [0.1, 0.15) is 39.9 Å². The molecule has 2 N–H and O–H groups in total. The van der Waals surface area contributed by atoms with Gasteiger partial charge in [0.2, 0.25) is 0 Å². The number of aromatic nitrogens is 1. The second-order valence-electron chi connectivity index (χ2n) is 10.3. The summed E-state index contributed by atoms with van der Waals surface area (Å²) in [5.74, 6) is 0.217. The minimum Gasteiger partial charge on any atom is -0.361 e. The largest absolute Gasteiger partial charge is 0.361 e. The molecule has 2 saturated heterocycles. The van der Waals surface area contributed by atoms with Crippen molar-refractivity contribution in [2.45, 2.75) is 38.5 Å². The van der Waals surface area contributed by atoms with E-state index in [9.17, 15) is 4.79 Å². The zero-order valence-corrected chi connectivity index (χ0v) is 20.4. The number of benzene rings is 2. The molecule has 0 bridgehead atoms. The van der Waals surface area contributed by atoms with E-state index in [2.05, 4.69) is 73.5 Å². The van der Waals surface area contributed by atoms with Gasteiger partial charge in [0.05, 0.1) is 0 Å². The van der Waals surface area contributed by atoms with Gasteiger partial charge in [-0.3, -0.25) is 14.6 Å². The number of H-pyrrole nitrogens is 1. The van der Waals surface area contributed by atoms with Crippen molar-refractivity contribution in [3.05, 3.63) is 83.0 Å². The lowest BCUT2D eigenvalue weighted by atomic mass is 10.1. The van der Waals surface area contributed by atoms with Crippen molar-refractivity contribution in [2.24, 2.45) is 0 Å². The van der Waals surface area contributed by atoms with Crippen molar-refractivity contribution >= 4 is 5.91 Å². The first-order chi connectivity index (χ1) is 17.2. The topological polar surface area (TPSA) is 54.6 Å². The lowest BCUT2D eigenvalue weighted by Crippen LogP contribution is -2.46. The first-order valence-corrected chi connectivity index (χ1v) is 13.0. The molecule has 6 heteroatoms. The van der Waals surface area contributed by atoms with E-state index in [-0.39, 0.29) is 5.91 Å². The quantitative estimate of drug-likeness (QED) is 0.578. The lowest BCUT2D eigenvalue weighted by Gasteiger charge is -2.34. The molecule has 182 valence electrons. The second kappa shape index (κ2) is 9.97. The van der Waals surface area contributed by atoms with Gasteiger partial charge >= 0.3 is 0 Å². The highest BCUT2D eigenvalue weighted by Gasteiger charge is 2.33. The highest BCUT2D eigenvalue weighted by Crippen LogP contribution is 2.28. The van der Waals surface area contributed by atoms with Gasteiger partial charge in [-0.1, -0.05) is 36.4 Å². The van der Waals surface area contributed by atoms with Crippen molar-refractivity contribution in [3.8, 4) is 11.3 Å². The Bertz CT molecular complexity index is 1140. The number of piperazine rings is 1. The Balaban J connectivity index is 1.01. The molecular weight excluding hydrogens is 434 g/mol. The molecule has 1 aromatic heterocycles. The third-order valence-corrected chi connectivity index (χ3v) is 7.85. The number of hydrogen-bond donors (Lipinski definition) is 2. The van der Waals surface area contributed by atoms with Crippen LogP contribution in [0.4, 0.5) is 0 Å². The molecule has 6 rings (SSSR count). The summed E-state index contributed by atoms with van der Waals surface area (Å²) in [6.07, 6.45) is 4.23. The Labute approximate surface area is 207 Å². The van der Waals surface area contributed by atoms with Gasteiger partial charge in [-0.25, -0.2) is 0 Å². The molecule has 0 radical (unpaired) electrons. The minimum absolute atomic E-state index is 0.217. The Morgan fingerprint density at radius 1 is 0.886 bits per heavy atom. The molecular formula is C29H35N5O. The van der Waals surface area contributed by atoms with Gasteiger partial charge in [-0.2, -0.15) is 0 Å². The van der Waals surface area contributed by atoms with Crippen LogP contribution in [0.25, 0.3) is 11.3 Å². The van der Waals surface area contributed by atoms with E-state index in [0.29, 0.717) is 6.04 Å². The van der Waals surface area contributed by atoms with Crippen molar-refractivity contribution in [1.29, 1.82) is 0 Å². The lowest BCUT2D eigenvalue weighted by molar-refractivity contribution is 0.0674. The SMILES string of the molecule is O=C1c2ccc(CN3CCN(Cc4ccc(-c5ccc[nH]5)cc4)CC3)cc2CN1C1CCCNC1. The molecule has 0 saturated carbocycles. The summed E-state index contributed by atoms with van der Waals surface area (Å²) in [7, 11) is 0. The third-order valence-electron chi connectivity index (χ3n) is 7.85. The summed E-state index contributed by atoms with van der Waals surface area (Å²) in [6.45, 7) is 9.07. The van der Waals surface area contributed by atoms with Crippen LogP contribution in [0, 0.1) is 0 Å². The number of fused-ring (bicyclic) bond motifs is 1. The Morgan fingerprint density at radius 2 is 1.63 bits per heavy atom. The maximum absolute atomic E-state index is 12.9. The predicted molar refractivity (Wildman–Crippen MR) is 139 cm³/mol. The average Bonchev–Trinajstić information content (AvgIpc) is 3.55. The van der Waals surface area contributed by atoms with E-state index in [1.54, 1.807) is 0 Å². The van der Waals surface area contributed by atoms with E-state index in [4.69, 9.17) is 0 Å². The molecule has 0 aliphatic carbocycles. The van der Waals surface area contributed by atoms with Crippen molar-refractivity contribution in [1.82, 2.24) is 25.0 Å². The molecule has 1 amide bonds. The minimum atomic E-state index is 0.217. The van der Waals surface area contributed by atoms with Crippen LogP contribution in [0.15, 0.2) is 60.8 Å². The van der Waals surface area contributed by atoms with E-state index in [1.165, 1.54) is 27.9 Å². The Kier molecular flexibility index (Phi) is 6.42. The Hall–Kier alpha value is -2.93. The fraction of sp³-hybridized carbons (Fsp3) is 0.414. The van der Waals surface area contributed by atoms with Crippen LogP contribution in [-0.4, -0.2) is 70.9 Å². The summed E-state index contributed by atoms with van der Waals surface area (Å²) < 4.78 is 0. The van der Waals surface area contributed by atoms with E-state index >= 15 is 0 Å². The van der Waals surface area contributed by atoms with Gasteiger partial charge in [-0.15, -0.1) is 0 Å². The molecule has 3 aliphatic rings. The van der Waals surface area contributed by atoms with Crippen LogP contribution >= 0.6 is 0 Å². The molecule has 0 spiro atoms.